The zero-order chi connectivity index (χ0) is 10.8. The maximum atomic E-state index is 10.0. The van der Waals surface area contributed by atoms with Crippen LogP contribution in [0.3, 0.4) is 0 Å². The van der Waals surface area contributed by atoms with Crippen molar-refractivity contribution in [3.8, 4) is 0 Å². The van der Waals surface area contributed by atoms with Crippen LogP contribution < -0.4 is 5.73 Å². The first kappa shape index (κ1) is 10.7. The number of aliphatic hydroxyl groups excluding tert-OH is 1. The molecule has 2 heteroatoms. The van der Waals surface area contributed by atoms with Crippen molar-refractivity contribution >= 4 is 0 Å². The lowest BCUT2D eigenvalue weighted by Gasteiger charge is -2.18. The maximum Gasteiger partial charge on any atom is 0.0827 e. The fourth-order valence-electron chi connectivity index (χ4n) is 2.23. The lowest BCUT2D eigenvalue weighted by Crippen LogP contribution is -2.18. The van der Waals surface area contributed by atoms with E-state index in [-0.39, 0.29) is 5.92 Å². The zero-order valence-electron chi connectivity index (χ0n) is 9.24. The Balaban J connectivity index is 2.22. The second-order valence-corrected chi connectivity index (χ2v) is 4.54. The largest absolute Gasteiger partial charge is 0.388 e. The van der Waals surface area contributed by atoms with Crippen LogP contribution in [-0.4, -0.2) is 11.7 Å². The Kier molecular flexibility index (Phi) is 3.08. The molecular weight excluding hydrogens is 186 g/mol. The van der Waals surface area contributed by atoms with Gasteiger partial charge in [0, 0.05) is 0 Å². The van der Waals surface area contributed by atoms with Gasteiger partial charge in [-0.05, 0) is 48.4 Å². The van der Waals surface area contributed by atoms with Gasteiger partial charge in [-0.3, -0.25) is 0 Å². The molecule has 2 nitrogen and oxygen atoms in total. The van der Waals surface area contributed by atoms with Crippen molar-refractivity contribution in [2.24, 2.45) is 11.7 Å². The van der Waals surface area contributed by atoms with Crippen LogP contribution in [0.15, 0.2) is 18.2 Å². The Labute approximate surface area is 91.1 Å². The Bertz CT molecular complexity index is 348. The zero-order valence-corrected chi connectivity index (χ0v) is 9.24. The van der Waals surface area contributed by atoms with E-state index in [4.69, 9.17) is 5.73 Å². The highest BCUT2D eigenvalue weighted by molar-refractivity contribution is 5.36. The first-order valence-electron chi connectivity index (χ1n) is 5.72. The molecule has 82 valence electrons. The van der Waals surface area contributed by atoms with Crippen molar-refractivity contribution in [1.82, 2.24) is 0 Å². The Morgan fingerprint density at radius 2 is 2.07 bits per heavy atom. The normalized spacial score (nSPS) is 18.6. The molecule has 15 heavy (non-hydrogen) atoms. The predicted octanol–water partition coefficient (Wildman–Crippen LogP) is 1.80. The highest BCUT2D eigenvalue weighted by atomic mass is 16.3. The predicted molar refractivity (Wildman–Crippen MR) is 61.6 cm³/mol. The molecule has 0 saturated heterocycles. The third kappa shape index (κ3) is 2.06. The monoisotopic (exact) mass is 205 g/mol. The molecule has 0 spiro atoms. The van der Waals surface area contributed by atoms with Gasteiger partial charge in [-0.25, -0.2) is 0 Å². The second-order valence-electron chi connectivity index (χ2n) is 4.54. The van der Waals surface area contributed by atoms with Crippen molar-refractivity contribution in [3.05, 3.63) is 34.9 Å². The van der Waals surface area contributed by atoms with Gasteiger partial charge in [0.25, 0.3) is 0 Å². The number of benzene rings is 1. The first-order valence-corrected chi connectivity index (χ1v) is 5.72. The summed E-state index contributed by atoms with van der Waals surface area (Å²) in [6.07, 6.45) is 3.19. The van der Waals surface area contributed by atoms with Crippen LogP contribution in [0.1, 0.15) is 36.1 Å². The molecule has 3 N–H and O–H groups in total. The topological polar surface area (TPSA) is 46.2 Å². The summed E-state index contributed by atoms with van der Waals surface area (Å²) in [5.41, 5.74) is 9.45. The molecular formula is C13H19NO. The van der Waals surface area contributed by atoms with Gasteiger partial charge in [0.1, 0.15) is 0 Å². The number of aliphatic hydroxyl groups is 1. The molecule has 0 radical (unpaired) electrons. The highest BCUT2D eigenvalue weighted by Gasteiger charge is 2.17. The molecule has 1 aliphatic carbocycles. The molecule has 0 heterocycles. The molecule has 2 unspecified atom stereocenters. The van der Waals surface area contributed by atoms with Crippen LogP contribution in [0.4, 0.5) is 0 Å². The molecule has 0 saturated carbocycles. The lowest BCUT2D eigenvalue weighted by atomic mass is 9.95. The van der Waals surface area contributed by atoms with E-state index in [2.05, 4.69) is 12.1 Å². The molecule has 0 bridgehead atoms. The Hall–Kier alpha value is -0.860. The SMILES string of the molecule is CC(CN)C(O)c1ccc2c(c1)CCC2. The van der Waals surface area contributed by atoms with Crippen molar-refractivity contribution in [2.45, 2.75) is 32.3 Å². The summed E-state index contributed by atoms with van der Waals surface area (Å²) in [6.45, 7) is 2.51. The smallest absolute Gasteiger partial charge is 0.0827 e. The molecule has 2 atom stereocenters. The standard InChI is InChI=1S/C13H19NO/c1-9(8-14)13(15)12-6-5-10-3-2-4-11(10)7-12/h5-7,9,13,15H,2-4,8,14H2,1H3. The van der Waals surface area contributed by atoms with Crippen molar-refractivity contribution in [1.29, 1.82) is 0 Å². The average Bonchev–Trinajstić information content (AvgIpc) is 2.73. The van der Waals surface area contributed by atoms with Gasteiger partial charge in [0.15, 0.2) is 0 Å². The first-order chi connectivity index (χ1) is 7.22. The molecule has 0 amide bonds. The minimum atomic E-state index is -0.416. The number of fused-ring (bicyclic) bond motifs is 1. The van der Waals surface area contributed by atoms with E-state index < -0.39 is 6.10 Å². The molecule has 0 aromatic heterocycles. The van der Waals surface area contributed by atoms with Crippen LogP contribution in [0.5, 0.6) is 0 Å². The van der Waals surface area contributed by atoms with Crippen LogP contribution >= 0.6 is 0 Å². The van der Waals surface area contributed by atoms with Crippen molar-refractivity contribution < 1.29 is 5.11 Å². The van der Waals surface area contributed by atoms with Gasteiger partial charge >= 0.3 is 0 Å². The third-order valence-corrected chi connectivity index (χ3v) is 3.37. The van der Waals surface area contributed by atoms with E-state index in [1.54, 1.807) is 0 Å². The molecule has 0 aliphatic heterocycles. The van der Waals surface area contributed by atoms with Crippen LogP contribution in [0.2, 0.25) is 0 Å². The molecule has 0 fully saturated rings. The van der Waals surface area contributed by atoms with E-state index >= 15 is 0 Å². The highest BCUT2D eigenvalue weighted by Crippen LogP contribution is 2.27. The third-order valence-electron chi connectivity index (χ3n) is 3.37. The van der Waals surface area contributed by atoms with Crippen molar-refractivity contribution in [3.63, 3.8) is 0 Å². The van der Waals surface area contributed by atoms with Crippen LogP contribution in [0.25, 0.3) is 0 Å². The van der Waals surface area contributed by atoms with E-state index in [0.29, 0.717) is 6.54 Å². The summed E-state index contributed by atoms with van der Waals surface area (Å²) in [5, 5.41) is 10.0. The van der Waals surface area contributed by atoms with Crippen LogP contribution in [0, 0.1) is 5.92 Å². The van der Waals surface area contributed by atoms with E-state index in [0.717, 1.165) is 12.0 Å². The fraction of sp³-hybridized carbons (Fsp3) is 0.538. The van der Waals surface area contributed by atoms with Gasteiger partial charge in [-0.15, -0.1) is 0 Å². The second kappa shape index (κ2) is 4.33. The van der Waals surface area contributed by atoms with E-state index in [1.807, 2.05) is 13.0 Å². The van der Waals surface area contributed by atoms with E-state index in [1.165, 1.54) is 24.0 Å². The molecule has 1 aromatic carbocycles. The molecule has 1 aromatic rings. The average molecular weight is 205 g/mol. The van der Waals surface area contributed by atoms with Crippen molar-refractivity contribution in [2.75, 3.05) is 6.54 Å². The van der Waals surface area contributed by atoms with Gasteiger partial charge < -0.3 is 10.8 Å². The van der Waals surface area contributed by atoms with Gasteiger partial charge in [0.2, 0.25) is 0 Å². The summed E-state index contributed by atoms with van der Waals surface area (Å²) >= 11 is 0. The summed E-state index contributed by atoms with van der Waals surface area (Å²) in [7, 11) is 0. The number of nitrogens with two attached hydrogens (primary N) is 1. The quantitative estimate of drug-likeness (QED) is 0.790. The Morgan fingerprint density at radius 3 is 2.80 bits per heavy atom. The number of hydrogen-bond donors (Lipinski definition) is 2. The number of hydrogen-bond acceptors (Lipinski definition) is 2. The van der Waals surface area contributed by atoms with Gasteiger partial charge in [-0.1, -0.05) is 25.1 Å². The fourth-order valence-corrected chi connectivity index (χ4v) is 2.23. The summed E-state index contributed by atoms with van der Waals surface area (Å²) in [4.78, 5) is 0. The van der Waals surface area contributed by atoms with Gasteiger partial charge in [0.05, 0.1) is 6.10 Å². The number of aryl methyl sites for hydroxylation is 2. The summed E-state index contributed by atoms with van der Waals surface area (Å²) in [5.74, 6) is 0.129. The van der Waals surface area contributed by atoms with E-state index in [9.17, 15) is 5.11 Å². The Morgan fingerprint density at radius 1 is 1.33 bits per heavy atom. The summed E-state index contributed by atoms with van der Waals surface area (Å²) in [6, 6.07) is 6.35. The molecule has 2 rings (SSSR count). The summed E-state index contributed by atoms with van der Waals surface area (Å²) < 4.78 is 0. The van der Waals surface area contributed by atoms with Crippen LogP contribution in [-0.2, 0) is 12.8 Å². The number of rotatable bonds is 3. The minimum absolute atomic E-state index is 0.129. The maximum absolute atomic E-state index is 10.0. The lowest BCUT2D eigenvalue weighted by molar-refractivity contribution is 0.121. The minimum Gasteiger partial charge on any atom is -0.388 e. The van der Waals surface area contributed by atoms with Gasteiger partial charge in [-0.2, -0.15) is 0 Å². The molecule has 1 aliphatic rings.